The lowest BCUT2D eigenvalue weighted by molar-refractivity contribution is -0.142. The predicted molar refractivity (Wildman–Crippen MR) is 91.0 cm³/mol. The van der Waals surface area contributed by atoms with Crippen molar-refractivity contribution < 1.29 is 14.7 Å². The maximum atomic E-state index is 12.7. The molecule has 130 valence electrons. The first-order valence-electron chi connectivity index (χ1n) is 8.59. The fourth-order valence-electron chi connectivity index (χ4n) is 4.19. The van der Waals surface area contributed by atoms with Gasteiger partial charge in [-0.25, -0.2) is 9.78 Å². The van der Waals surface area contributed by atoms with Crippen LogP contribution in [0.3, 0.4) is 0 Å². The van der Waals surface area contributed by atoms with Crippen LogP contribution >= 0.6 is 0 Å². The van der Waals surface area contributed by atoms with Crippen molar-refractivity contribution in [1.29, 1.82) is 0 Å². The minimum absolute atomic E-state index is 0.0764. The molecule has 1 spiro atoms. The summed E-state index contributed by atoms with van der Waals surface area (Å²) < 4.78 is 1.77. The lowest BCUT2D eigenvalue weighted by Gasteiger charge is -2.16. The largest absolute Gasteiger partial charge is 0.480 e. The van der Waals surface area contributed by atoms with Crippen LogP contribution in [0.2, 0.25) is 0 Å². The number of carbonyl (C=O) groups excluding carboxylic acids is 1. The maximum Gasteiger partial charge on any atom is 0.326 e. The third-order valence-corrected chi connectivity index (χ3v) is 5.71. The van der Waals surface area contributed by atoms with Crippen molar-refractivity contribution in [2.24, 2.45) is 13.0 Å². The van der Waals surface area contributed by atoms with Crippen LogP contribution in [0.15, 0.2) is 36.7 Å². The third-order valence-electron chi connectivity index (χ3n) is 5.71. The molecule has 2 N–H and O–H groups in total. The Kier molecular flexibility index (Phi) is 3.63. The van der Waals surface area contributed by atoms with Gasteiger partial charge in [0.2, 0.25) is 5.91 Å². The second kappa shape index (κ2) is 5.72. The van der Waals surface area contributed by atoms with Crippen molar-refractivity contribution in [2.45, 2.75) is 37.1 Å². The van der Waals surface area contributed by atoms with E-state index in [1.54, 1.807) is 17.0 Å². The molecule has 6 heteroatoms. The Morgan fingerprint density at radius 3 is 2.96 bits per heavy atom. The molecule has 0 aliphatic heterocycles. The fraction of sp³-hybridized carbons (Fsp3) is 0.421. The Hall–Kier alpha value is -2.63. The summed E-state index contributed by atoms with van der Waals surface area (Å²) in [6.45, 7) is 0. The van der Waals surface area contributed by atoms with Crippen molar-refractivity contribution in [3.63, 3.8) is 0 Å². The predicted octanol–water partition coefficient (Wildman–Crippen LogP) is 1.44. The van der Waals surface area contributed by atoms with Crippen LogP contribution in [0.1, 0.15) is 29.8 Å². The molecule has 3 unspecified atom stereocenters. The smallest absolute Gasteiger partial charge is 0.326 e. The van der Waals surface area contributed by atoms with Crippen molar-refractivity contribution >= 4 is 11.9 Å². The summed E-state index contributed by atoms with van der Waals surface area (Å²) in [5.41, 5.74) is 2.51. The van der Waals surface area contributed by atoms with Crippen LogP contribution < -0.4 is 5.32 Å². The van der Waals surface area contributed by atoms with Gasteiger partial charge in [0.1, 0.15) is 11.9 Å². The number of hydrogen-bond acceptors (Lipinski definition) is 3. The van der Waals surface area contributed by atoms with E-state index < -0.39 is 12.0 Å². The van der Waals surface area contributed by atoms with Gasteiger partial charge in [-0.2, -0.15) is 0 Å². The van der Waals surface area contributed by atoms with Crippen LogP contribution in [0, 0.1) is 5.92 Å². The molecule has 1 saturated carbocycles. The number of benzene rings is 1. The summed E-state index contributed by atoms with van der Waals surface area (Å²) in [6, 6.07) is 7.32. The van der Waals surface area contributed by atoms with Crippen LogP contribution in [0.25, 0.3) is 0 Å². The third kappa shape index (κ3) is 2.62. The zero-order valence-corrected chi connectivity index (χ0v) is 14.1. The summed E-state index contributed by atoms with van der Waals surface area (Å²) in [5.74, 6) is -0.667. The molecule has 0 radical (unpaired) electrons. The molecule has 3 atom stereocenters. The second-order valence-corrected chi connectivity index (χ2v) is 7.13. The van der Waals surface area contributed by atoms with E-state index in [0.29, 0.717) is 5.82 Å². The molecule has 0 saturated heterocycles. The van der Waals surface area contributed by atoms with E-state index in [4.69, 9.17) is 0 Å². The van der Waals surface area contributed by atoms with E-state index in [9.17, 15) is 14.7 Å². The van der Waals surface area contributed by atoms with E-state index in [0.717, 1.165) is 19.3 Å². The molecule has 1 fully saturated rings. The summed E-state index contributed by atoms with van der Waals surface area (Å²) >= 11 is 0. The van der Waals surface area contributed by atoms with Crippen molar-refractivity contribution in [3.8, 4) is 0 Å². The van der Waals surface area contributed by atoms with Crippen LogP contribution in [-0.2, 0) is 34.9 Å². The highest BCUT2D eigenvalue weighted by atomic mass is 16.4. The average molecular weight is 339 g/mol. The molecule has 2 aliphatic carbocycles. The Balaban J connectivity index is 1.47. The highest BCUT2D eigenvalue weighted by molar-refractivity contribution is 5.89. The van der Waals surface area contributed by atoms with Gasteiger partial charge in [-0.3, -0.25) is 4.79 Å². The summed E-state index contributed by atoms with van der Waals surface area (Å²) in [6.07, 6.45) is 6.35. The van der Waals surface area contributed by atoms with Gasteiger partial charge in [-0.15, -0.1) is 0 Å². The molecular formula is C19H21N3O3. The number of aliphatic carboxylic acids is 1. The number of carboxylic acid groups (broad SMARTS) is 1. The first kappa shape index (κ1) is 15.9. The molecule has 6 nitrogen and oxygen atoms in total. The summed E-state index contributed by atoms with van der Waals surface area (Å²) in [7, 11) is 1.81. The second-order valence-electron chi connectivity index (χ2n) is 7.13. The van der Waals surface area contributed by atoms with Gasteiger partial charge in [0, 0.05) is 37.2 Å². The van der Waals surface area contributed by atoms with Gasteiger partial charge in [0.15, 0.2) is 0 Å². The average Bonchev–Trinajstić information content (AvgIpc) is 3.02. The Bertz CT molecular complexity index is 844. The number of hydrogen-bond donors (Lipinski definition) is 2. The number of carbonyl (C=O) groups is 2. The maximum absolute atomic E-state index is 12.7. The number of aromatic nitrogens is 2. The van der Waals surface area contributed by atoms with Crippen LogP contribution in [0.4, 0.5) is 0 Å². The lowest BCUT2D eigenvalue weighted by Crippen LogP contribution is -2.44. The van der Waals surface area contributed by atoms with Crippen LogP contribution in [-0.4, -0.2) is 32.6 Å². The molecule has 2 aliphatic rings. The molecule has 1 aromatic heterocycles. The molecule has 2 aromatic rings. The highest BCUT2D eigenvalue weighted by Crippen LogP contribution is 2.61. The zero-order chi connectivity index (χ0) is 17.6. The van der Waals surface area contributed by atoms with Gasteiger partial charge in [0.05, 0.1) is 0 Å². The highest BCUT2D eigenvalue weighted by Gasteiger charge is 2.61. The Labute approximate surface area is 145 Å². The fourth-order valence-corrected chi connectivity index (χ4v) is 4.19. The van der Waals surface area contributed by atoms with Crippen molar-refractivity contribution in [2.75, 3.05) is 0 Å². The Morgan fingerprint density at radius 2 is 2.24 bits per heavy atom. The van der Waals surface area contributed by atoms with Crippen LogP contribution in [0.5, 0.6) is 0 Å². The van der Waals surface area contributed by atoms with E-state index in [1.807, 2.05) is 19.2 Å². The first-order chi connectivity index (χ1) is 12.0. The quantitative estimate of drug-likeness (QED) is 0.863. The molecule has 1 amide bonds. The molecule has 0 bridgehead atoms. The van der Waals surface area contributed by atoms with Gasteiger partial charge >= 0.3 is 5.97 Å². The summed E-state index contributed by atoms with van der Waals surface area (Å²) in [5, 5.41) is 12.2. The number of amides is 1. The SMILES string of the molecule is Cn1ccnc1CC(NC(=O)C1CC12CCc1ccccc12)C(=O)O. The van der Waals surface area contributed by atoms with Gasteiger partial charge < -0.3 is 15.0 Å². The number of aryl methyl sites for hydroxylation is 2. The normalized spacial score (nSPS) is 24.8. The minimum atomic E-state index is -1.03. The molecule has 1 heterocycles. The summed E-state index contributed by atoms with van der Waals surface area (Å²) in [4.78, 5) is 28.4. The van der Waals surface area contributed by atoms with E-state index in [-0.39, 0.29) is 23.7 Å². The van der Waals surface area contributed by atoms with E-state index in [2.05, 4.69) is 22.4 Å². The first-order valence-corrected chi connectivity index (χ1v) is 8.59. The molecule has 25 heavy (non-hydrogen) atoms. The van der Waals surface area contributed by atoms with Gasteiger partial charge in [-0.1, -0.05) is 24.3 Å². The van der Waals surface area contributed by atoms with Crippen molar-refractivity contribution in [1.82, 2.24) is 14.9 Å². The lowest BCUT2D eigenvalue weighted by atomic mass is 9.95. The molecule has 4 rings (SSSR count). The number of carboxylic acids is 1. The van der Waals surface area contributed by atoms with E-state index in [1.165, 1.54) is 11.1 Å². The zero-order valence-electron chi connectivity index (χ0n) is 14.1. The van der Waals surface area contributed by atoms with Gasteiger partial charge in [0.25, 0.3) is 0 Å². The minimum Gasteiger partial charge on any atom is -0.480 e. The number of rotatable bonds is 5. The Morgan fingerprint density at radius 1 is 1.44 bits per heavy atom. The monoisotopic (exact) mass is 339 g/mol. The molecular weight excluding hydrogens is 318 g/mol. The topological polar surface area (TPSA) is 84.2 Å². The molecule has 1 aromatic carbocycles. The van der Waals surface area contributed by atoms with E-state index >= 15 is 0 Å². The number of nitrogens with one attached hydrogen (secondary N) is 1. The van der Waals surface area contributed by atoms with Gasteiger partial charge in [-0.05, 0) is 30.4 Å². The standard InChI is InChI=1S/C19H21N3O3/c1-22-9-8-20-16(22)10-15(18(24)25)21-17(23)14-11-19(14)7-6-12-4-2-3-5-13(12)19/h2-5,8-9,14-15H,6-7,10-11H2,1H3,(H,21,23)(H,24,25). The number of nitrogens with zero attached hydrogens (tertiary/aromatic N) is 2. The number of fused-ring (bicyclic) bond motifs is 2. The number of imidazole rings is 1. The van der Waals surface area contributed by atoms with Crippen molar-refractivity contribution in [3.05, 3.63) is 53.6 Å².